The Morgan fingerprint density at radius 1 is 1.00 bits per heavy atom. The Morgan fingerprint density at radius 3 is 2.36 bits per heavy atom. The smallest absolute Gasteiger partial charge is 0.318 e. The number of hydrogen-bond donors (Lipinski definition) is 1. The minimum Gasteiger partial charge on any atom is -0.403 e. The van der Waals surface area contributed by atoms with Crippen molar-refractivity contribution in [1.82, 2.24) is 15.5 Å². The number of anilines is 1. The predicted octanol–water partition coefficient (Wildman–Crippen LogP) is 4.10. The number of nitrogens with zero attached hydrogens (tertiary/aromatic N) is 3. The number of piperidine rings is 1. The SMILES string of the molecule is Cc1ccc(-c2nnc(N3CCC(C(=O)NC4CCCCCC4)CC3)o2)cc1. The number of carbonyl (C=O) groups is 1. The summed E-state index contributed by atoms with van der Waals surface area (Å²) in [5.74, 6) is 0.875. The van der Waals surface area contributed by atoms with Gasteiger partial charge in [-0.1, -0.05) is 48.5 Å². The Kier molecular flexibility index (Phi) is 5.93. The lowest BCUT2D eigenvalue weighted by Crippen LogP contribution is -2.44. The molecule has 1 saturated heterocycles. The van der Waals surface area contributed by atoms with Gasteiger partial charge in [0.1, 0.15) is 0 Å². The molecule has 2 fully saturated rings. The van der Waals surface area contributed by atoms with E-state index in [1.807, 2.05) is 24.3 Å². The van der Waals surface area contributed by atoms with Crippen LogP contribution in [0.25, 0.3) is 11.5 Å². The molecule has 2 aliphatic rings. The Morgan fingerprint density at radius 2 is 1.68 bits per heavy atom. The first-order chi connectivity index (χ1) is 13.7. The molecule has 1 amide bonds. The summed E-state index contributed by atoms with van der Waals surface area (Å²) in [7, 11) is 0. The Labute approximate surface area is 166 Å². The van der Waals surface area contributed by atoms with Gasteiger partial charge in [0.2, 0.25) is 11.8 Å². The number of aryl methyl sites for hydroxylation is 1. The molecule has 1 aliphatic carbocycles. The average molecular weight is 383 g/mol. The first kappa shape index (κ1) is 19.0. The molecule has 1 saturated carbocycles. The molecule has 1 aromatic carbocycles. The fourth-order valence-corrected chi connectivity index (χ4v) is 4.23. The second-order valence-electron chi connectivity index (χ2n) is 8.21. The molecular formula is C22H30N4O2. The van der Waals surface area contributed by atoms with Crippen LogP contribution in [0.15, 0.2) is 28.7 Å². The number of amides is 1. The largest absolute Gasteiger partial charge is 0.403 e. The molecule has 6 nitrogen and oxygen atoms in total. The van der Waals surface area contributed by atoms with Gasteiger partial charge in [-0.3, -0.25) is 4.79 Å². The van der Waals surface area contributed by atoms with Crippen LogP contribution in [0.3, 0.4) is 0 Å². The Hall–Kier alpha value is -2.37. The van der Waals surface area contributed by atoms with Gasteiger partial charge in [0, 0.05) is 30.6 Å². The molecule has 150 valence electrons. The van der Waals surface area contributed by atoms with E-state index in [0.717, 1.165) is 44.3 Å². The molecule has 6 heteroatoms. The van der Waals surface area contributed by atoms with Crippen LogP contribution in [0.5, 0.6) is 0 Å². The van der Waals surface area contributed by atoms with Crippen molar-refractivity contribution in [2.24, 2.45) is 5.92 Å². The van der Waals surface area contributed by atoms with Crippen molar-refractivity contribution >= 4 is 11.9 Å². The third-order valence-corrected chi connectivity index (χ3v) is 6.05. The number of hydrogen-bond acceptors (Lipinski definition) is 5. The van der Waals surface area contributed by atoms with Gasteiger partial charge < -0.3 is 14.6 Å². The van der Waals surface area contributed by atoms with Gasteiger partial charge in [0.05, 0.1) is 0 Å². The van der Waals surface area contributed by atoms with E-state index in [1.54, 1.807) is 0 Å². The third kappa shape index (κ3) is 4.54. The van der Waals surface area contributed by atoms with E-state index in [0.29, 0.717) is 17.9 Å². The first-order valence-electron chi connectivity index (χ1n) is 10.6. The van der Waals surface area contributed by atoms with Crippen LogP contribution in [0.4, 0.5) is 6.01 Å². The predicted molar refractivity (Wildman–Crippen MR) is 109 cm³/mol. The number of rotatable bonds is 4. The fraction of sp³-hybridized carbons (Fsp3) is 0.591. The van der Waals surface area contributed by atoms with Crippen LogP contribution in [-0.2, 0) is 4.79 Å². The van der Waals surface area contributed by atoms with Gasteiger partial charge in [-0.15, -0.1) is 5.10 Å². The van der Waals surface area contributed by atoms with E-state index in [4.69, 9.17) is 4.42 Å². The van der Waals surface area contributed by atoms with Gasteiger partial charge >= 0.3 is 6.01 Å². The topological polar surface area (TPSA) is 71.3 Å². The summed E-state index contributed by atoms with van der Waals surface area (Å²) in [4.78, 5) is 14.8. The molecular weight excluding hydrogens is 352 g/mol. The molecule has 2 aromatic rings. The highest BCUT2D eigenvalue weighted by molar-refractivity contribution is 5.79. The first-order valence-corrected chi connectivity index (χ1v) is 10.6. The highest BCUT2D eigenvalue weighted by Crippen LogP contribution is 2.26. The fourth-order valence-electron chi connectivity index (χ4n) is 4.23. The van der Waals surface area contributed by atoms with Crippen molar-refractivity contribution in [3.63, 3.8) is 0 Å². The number of aromatic nitrogens is 2. The lowest BCUT2D eigenvalue weighted by molar-refractivity contribution is -0.126. The number of benzene rings is 1. The molecule has 1 aliphatic heterocycles. The van der Waals surface area contributed by atoms with E-state index in [-0.39, 0.29) is 11.8 Å². The highest BCUT2D eigenvalue weighted by atomic mass is 16.4. The summed E-state index contributed by atoms with van der Waals surface area (Å²) in [6.45, 7) is 3.61. The molecule has 2 heterocycles. The van der Waals surface area contributed by atoms with Crippen LogP contribution < -0.4 is 10.2 Å². The van der Waals surface area contributed by atoms with Gasteiger partial charge in [0.15, 0.2) is 0 Å². The Bertz CT molecular complexity index is 770. The normalized spacial score (nSPS) is 19.4. The van der Waals surface area contributed by atoms with E-state index in [9.17, 15) is 4.79 Å². The molecule has 0 atom stereocenters. The molecule has 0 unspecified atom stereocenters. The molecule has 28 heavy (non-hydrogen) atoms. The van der Waals surface area contributed by atoms with Crippen molar-refractivity contribution in [1.29, 1.82) is 0 Å². The minimum atomic E-state index is 0.0963. The van der Waals surface area contributed by atoms with Crippen LogP contribution in [0.1, 0.15) is 56.9 Å². The quantitative estimate of drug-likeness (QED) is 0.806. The van der Waals surface area contributed by atoms with E-state index >= 15 is 0 Å². The standard InChI is InChI=1S/C22H30N4O2/c1-16-8-10-18(11-9-16)21-24-25-22(28-21)26-14-12-17(13-15-26)20(27)23-19-6-4-2-3-5-7-19/h8-11,17,19H,2-7,12-15H2,1H3,(H,23,27). The van der Waals surface area contributed by atoms with Gasteiger partial charge in [-0.05, 0) is 44.7 Å². The summed E-state index contributed by atoms with van der Waals surface area (Å²) in [6, 6.07) is 9.00. The highest BCUT2D eigenvalue weighted by Gasteiger charge is 2.28. The van der Waals surface area contributed by atoms with Crippen LogP contribution in [0, 0.1) is 12.8 Å². The molecule has 0 bridgehead atoms. The number of carbonyl (C=O) groups excluding carboxylic acids is 1. The average Bonchev–Trinajstić information content (AvgIpc) is 3.07. The maximum atomic E-state index is 12.7. The second kappa shape index (κ2) is 8.76. The monoisotopic (exact) mass is 382 g/mol. The van der Waals surface area contributed by atoms with E-state index in [2.05, 4.69) is 27.3 Å². The van der Waals surface area contributed by atoms with E-state index < -0.39 is 0 Å². The van der Waals surface area contributed by atoms with Crippen LogP contribution in [-0.4, -0.2) is 35.2 Å². The van der Waals surface area contributed by atoms with Gasteiger partial charge in [0.25, 0.3) is 0 Å². The summed E-state index contributed by atoms with van der Waals surface area (Å²) >= 11 is 0. The number of nitrogens with one attached hydrogen (secondary N) is 1. The molecule has 0 radical (unpaired) electrons. The van der Waals surface area contributed by atoms with Crippen molar-refractivity contribution < 1.29 is 9.21 Å². The summed E-state index contributed by atoms with van der Waals surface area (Å²) in [6.07, 6.45) is 9.02. The van der Waals surface area contributed by atoms with Crippen molar-refractivity contribution in [2.45, 2.75) is 64.3 Å². The summed E-state index contributed by atoms with van der Waals surface area (Å²) < 4.78 is 5.88. The van der Waals surface area contributed by atoms with Crippen molar-refractivity contribution in [3.05, 3.63) is 29.8 Å². The van der Waals surface area contributed by atoms with Crippen molar-refractivity contribution in [3.8, 4) is 11.5 Å². The molecule has 4 rings (SSSR count). The van der Waals surface area contributed by atoms with Crippen molar-refractivity contribution in [2.75, 3.05) is 18.0 Å². The lowest BCUT2D eigenvalue weighted by Gasteiger charge is -2.30. The second-order valence-corrected chi connectivity index (χ2v) is 8.21. The Balaban J connectivity index is 1.30. The maximum Gasteiger partial charge on any atom is 0.318 e. The zero-order chi connectivity index (χ0) is 19.3. The molecule has 1 N–H and O–H groups in total. The van der Waals surface area contributed by atoms with E-state index in [1.165, 1.54) is 31.2 Å². The summed E-state index contributed by atoms with van der Waals surface area (Å²) in [5, 5.41) is 11.7. The van der Waals surface area contributed by atoms with Crippen LogP contribution >= 0.6 is 0 Å². The molecule has 0 spiro atoms. The third-order valence-electron chi connectivity index (χ3n) is 6.05. The zero-order valence-corrected chi connectivity index (χ0v) is 16.7. The summed E-state index contributed by atoms with van der Waals surface area (Å²) in [5.41, 5.74) is 2.13. The zero-order valence-electron chi connectivity index (χ0n) is 16.7. The van der Waals surface area contributed by atoms with Gasteiger partial charge in [-0.2, -0.15) is 0 Å². The lowest BCUT2D eigenvalue weighted by atomic mass is 9.95. The van der Waals surface area contributed by atoms with Gasteiger partial charge in [-0.25, -0.2) is 0 Å². The van der Waals surface area contributed by atoms with Crippen LogP contribution in [0.2, 0.25) is 0 Å². The molecule has 1 aromatic heterocycles. The maximum absolute atomic E-state index is 12.7. The minimum absolute atomic E-state index is 0.0963.